The van der Waals surface area contributed by atoms with E-state index in [-0.39, 0.29) is 68.2 Å². The van der Waals surface area contributed by atoms with Gasteiger partial charge in [-0.3, -0.25) is 12.2 Å². The van der Waals surface area contributed by atoms with Crippen molar-refractivity contribution in [2.24, 2.45) is 0 Å². The van der Waals surface area contributed by atoms with E-state index < -0.39 is 0 Å². The molecule has 2 rings (SSSR count). The third kappa shape index (κ3) is 17.2. The summed E-state index contributed by atoms with van der Waals surface area (Å²) >= 11 is 4.19. The molecular formula is C24H38Cl2S2Ti2. The Morgan fingerprint density at radius 1 is 0.733 bits per heavy atom. The molecule has 2 aliphatic carbocycles. The minimum Gasteiger partial charge on any atom is -1.00 e. The van der Waals surface area contributed by atoms with E-state index in [1.807, 2.05) is 0 Å². The van der Waals surface area contributed by atoms with Crippen LogP contribution in [-0.2, 0) is 43.4 Å². The van der Waals surface area contributed by atoms with E-state index in [2.05, 4.69) is 87.7 Å². The summed E-state index contributed by atoms with van der Waals surface area (Å²) in [6.07, 6.45) is 25.6. The summed E-state index contributed by atoms with van der Waals surface area (Å²) in [7, 11) is 0. The molecule has 2 unspecified atom stereocenters. The van der Waals surface area contributed by atoms with Gasteiger partial charge in [0, 0.05) is 0 Å². The van der Waals surface area contributed by atoms with Gasteiger partial charge >= 0.3 is 43.4 Å². The Labute approximate surface area is 238 Å². The maximum Gasteiger partial charge on any atom is 2.00 e. The molecule has 0 bridgehead atoms. The van der Waals surface area contributed by atoms with Crippen LogP contribution >= 0.6 is 23.5 Å². The summed E-state index contributed by atoms with van der Waals surface area (Å²) in [5.41, 5.74) is 2.87. The SMILES string of the molecule is CCCCSC(CC)C1=[C-]CC=C1.CCCCSC(CC)C1=[C-]CC=C1.[Cl-].[Cl-].[Ti+2].[Ti+2]. The van der Waals surface area contributed by atoms with E-state index in [1.165, 1.54) is 61.2 Å². The molecule has 30 heavy (non-hydrogen) atoms. The average molecular weight is 557 g/mol. The molecule has 0 spiro atoms. The summed E-state index contributed by atoms with van der Waals surface area (Å²) < 4.78 is 0. The smallest absolute Gasteiger partial charge is 1.00 e. The minimum absolute atomic E-state index is 0. The molecule has 0 nitrogen and oxygen atoms in total. The first-order valence-electron chi connectivity index (χ1n) is 10.5. The third-order valence-corrected chi connectivity index (χ3v) is 7.54. The minimum atomic E-state index is 0. The van der Waals surface area contributed by atoms with Crippen LogP contribution in [0.5, 0.6) is 0 Å². The molecule has 0 saturated heterocycles. The fourth-order valence-corrected chi connectivity index (χ4v) is 5.51. The Bertz CT molecular complexity index is 448. The van der Waals surface area contributed by atoms with Gasteiger partial charge in [0.15, 0.2) is 0 Å². The first-order chi connectivity index (χ1) is 12.8. The van der Waals surface area contributed by atoms with Crippen molar-refractivity contribution in [3.63, 3.8) is 0 Å². The maximum absolute atomic E-state index is 3.42. The third-order valence-electron chi connectivity index (χ3n) is 4.51. The fraction of sp³-hybridized carbons (Fsp3) is 0.667. The molecule has 0 radical (unpaired) electrons. The van der Waals surface area contributed by atoms with Crippen LogP contribution in [-0.4, -0.2) is 22.0 Å². The molecule has 2 atom stereocenters. The number of halogens is 2. The number of hydrogen-bond acceptors (Lipinski definition) is 2. The monoisotopic (exact) mass is 556 g/mol. The number of hydrogen-bond donors (Lipinski definition) is 0. The largest absolute Gasteiger partial charge is 2.00 e. The molecule has 0 fully saturated rings. The van der Waals surface area contributed by atoms with Crippen LogP contribution in [0.2, 0.25) is 0 Å². The van der Waals surface area contributed by atoms with Crippen molar-refractivity contribution in [1.82, 2.24) is 0 Å². The van der Waals surface area contributed by atoms with Crippen LogP contribution in [0.3, 0.4) is 0 Å². The van der Waals surface area contributed by atoms with Gasteiger partial charge in [0.25, 0.3) is 0 Å². The molecule has 0 aliphatic heterocycles. The van der Waals surface area contributed by atoms with Crippen LogP contribution in [0.1, 0.15) is 79.1 Å². The number of unbranched alkanes of at least 4 members (excludes halogenated alkanes) is 2. The molecule has 0 aromatic rings. The van der Waals surface area contributed by atoms with Crippen LogP contribution in [0.4, 0.5) is 0 Å². The molecule has 6 heteroatoms. The van der Waals surface area contributed by atoms with Crippen molar-refractivity contribution in [3.05, 3.63) is 47.6 Å². The van der Waals surface area contributed by atoms with Gasteiger partial charge in [-0.1, -0.05) is 40.5 Å². The van der Waals surface area contributed by atoms with Crippen LogP contribution < -0.4 is 24.8 Å². The van der Waals surface area contributed by atoms with Crippen molar-refractivity contribution < 1.29 is 68.2 Å². The Morgan fingerprint density at radius 2 is 1.10 bits per heavy atom. The predicted molar refractivity (Wildman–Crippen MR) is 124 cm³/mol. The molecule has 0 saturated carbocycles. The first kappa shape index (κ1) is 38.9. The molecule has 0 amide bonds. The topological polar surface area (TPSA) is 0 Å². The summed E-state index contributed by atoms with van der Waals surface area (Å²) in [4.78, 5) is 0. The molecule has 2 aliphatic rings. The van der Waals surface area contributed by atoms with E-state index in [9.17, 15) is 0 Å². The molecule has 168 valence electrons. The maximum atomic E-state index is 3.42. The molecule has 0 N–H and O–H groups in total. The summed E-state index contributed by atoms with van der Waals surface area (Å²) in [6, 6.07) is 0. The second-order valence-corrected chi connectivity index (χ2v) is 9.34. The second-order valence-electron chi connectivity index (χ2n) is 6.72. The summed E-state index contributed by atoms with van der Waals surface area (Å²) in [5.74, 6) is 2.60. The number of allylic oxidation sites excluding steroid dienone is 6. The Hall–Kier alpha value is 1.67. The van der Waals surface area contributed by atoms with E-state index in [0.717, 1.165) is 12.8 Å². The van der Waals surface area contributed by atoms with Crippen molar-refractivity contribution in [3.8, 4) is 0 Å². The summed E-state index contributed by atoms with van der Waals surface area (Å²) in [5, 5.41) is 1.40. The quantitative estimate of drug-likeness (QED) is 0.205. The van der Waals surface area contributed by atoms with Crippen molar-refractivity contribution in [1.29, 1.82) is 0 Å². The van der Waals surface area contributed by atoms with Crippen molar-refractivity contribution >= 4 is 23.5 Å². The molecular weight excluding hydrogens is 519 g/mol. The van der Waals surface area contributed by atoms with Gasteiger partial charge in [0.1, 0.15) is 0 Å². The zero-order valence-electron chi connectivity index (χ0n) is 19.1. The van der Waals surface area contributed by atoms with E-state index >= 15 is 0 Å². The Balaban J connectivity index is -0.000000199. The predicted octanol–water partition coefficient (Wildman–Crippen LogP) is 1.98. The van der Waals surface area contributed by atoms with E-state index in [0.29, 0.717) is 10.5 Å². The Morgan fingerprint density at radius 3 is 1.33 bits per heavy atom. The van der Waals surface area contributed by atoms with Crippen molar-refractivity contribution in [2.45, 2.75) is 89.6 Å². The Kier molecular flexibility index (Phi) is 34.9. The van der Waals surface area contributed by atoms with Crippen LogP contribution in [0, 0.1) is 12.2 Å². The first-order valence-corrected chi connectivity index (χ1v) is 12.6. The van der Waals surface area contributed by atoms with E-state index in [4.69, 9.17) is 0 Å². The van der Waals surface area contributed by atoms with Crippen LogP contribution in [0.25, 0.3) is 0 Å². The van der Waals surface area contributed by atoms with Gasteiger partial charge in [-0.25, -0.2) is 23.3 Å². The number of thioether (sulfide) groups is 2. The van der Waals surface area contributed by atoms with Gasteiger partial charge in [-0.05, 0) is 47.7 Å². The summed E-state index contributed by atoms with van der Waals surface area (Å²) in [6.45, 7) is 9.04. The molecule has 0 heterocycles. The average Bonchev–Trinajstić information content (AvgIpc) is 3.37. The number of rotatable bonds is 12. The van der Waals surface area contributed by atoms with E-state index in [1.54, 1.807) is 0 Å². The second kappa shape index (κ2) is 26.9. The van der Waals surface area contributed by atoms with Gasteiger partial charge in [-0.2, -0.15) is 35.7 Å². The van der Waals surface area contributed by atoms with Gasteiger partial charge in [0.05, 0.1) is 0 Å². The van der Waals surface area contributed by atoms with Gasteiger partial charge in [-0.15, -0.1) is 12.8 Å². The fourth-order valence-electron chi connectivity index (χ4n) is 2.88. The van der Waals surface area contributed by atoms with Gasteiger partial charge in [0.2, 0.25) is 0 Å². The molecule has 0 aromatic heterocycles. The van der Waals surface area contributed by atoms with Crippen molar-refractivity contribution in [2.75, 3.05) is 11.5 Å². The van der Waals surface area contributed by atoms with Crippen LogP contribution in [0.15, 0.2) is 35.5 Å². The zero-order valence-corrected chi connectivity index (χ0v) is 25.4. The zero-order chi connectivity index (χ0) is 19.0. The van der Waals surface area contributed by atoms with Gasteiger partial charge < -0.3 is 24.8 Å². The standard InChI is InChI=1S/2C12H19S.2ClH.2Ti/c2*1-3-5-10-13-12(4-2)11-8-6-7-9-11;;;;/h2*6,8,12H,3-5,7,10H2,1-2H3;2*1H;;/q2*-1;;;2*+2/p-2. The normalized spacial score (nSPS) is 15.2. The molecule has 0 aromatic carbocycles.